The maximum atomic E-state index is 12.1. The van der Waals surface area contributed by atoms with Crippen LogP contribution in [-0.4, -0.2) is 42.4 Å². The number of nitrogens with zero attached hydrogens (tertiary/aromatic N) is 1. The summed E-state index contributed by atoms with van der Waals surface area (Å²) in [6, 6.07) is 5.47. The van der Waals surface area contributed by atoms with Crippen LogP contribution in [-0.2, 0) is 4.74 Å². The van der Waals surface area contributed by atoms with Gasteiger partial charge in [0.2, 0.25) is 0 Å². The van der Waals surface area contributed by atoms with Gasteiger partial charge in [0.05, 0.1) is 25.5 Å². The van der Waals surface area contributed by atoms with Crippen molar-refractivity contribution in [1.29, 1.82) is 0 Å². The molecule has 2 aromatic rings. The second-order valence-corrected chi connectivity index (χ2v) is 4.85. The number of benzene rings is 1. The Labute approximate surface area is 129 Å². The highest BCUT2D eigenvalue weighted by Crippen LogP contribution is 2.31. The average Bonchev–Trinajstić information content (AvgIpc) is 2.51. The zero-order chi connectivity index (χ0) is 16.1. The average molecular weight is 304 g/mol. The van der Waals surface area contributed by atoms with Gasteiger partial charge in [-0.15, -0.1) is 0 Å². The fraction of sp³-hybridized carbons (Fsp3) is 0.375. The SMILES string of the molecule is CCOC(=O)c1cnc2c(OC)cccc2c1NC[C@H](C)O. The molecule has 0 saturated carbocycles. The summed E-state index contributed by atoms with van der Waals surface area (Å²) in [5, 5.41) is 13.3. The number of fused-ring (bicyclic) bond motifs is 1. The number of aromatic nitrogens is 1. The first-order valence-corrected chi connectivity index (χ1v) is 7.13. The molecule has 1 aromatic carbocycles. The summed E-state index contributed by atoms with van der Waals surface area (Å²) in [7, 11) is 1.57. The van der Waals surface area contributed by atoms with Crippen LogP contribution >= 0.6 is 0 Å². The molecule has 1 aromatic heterocycles. The number of rotatable bonds is 6. The monoisotopic (exact) mass is 304 g/mol. The van der Waals surface area contributed by atoms with Gasteiger partial charge in [-0.1, -0.05) is 12.1 Å². The Balaban J connectivity index is 2.59. The molecule has 1 atom stereocenters. The molecule has 6 nitrogen and oxygen atoms in total. The van der Waals surface area contributed by atoms with Crippen LogP contribution in [0, 0.1) is 0 Å². The highest BCUT2D eigenvalue weighted by Gasteiger charge is 2.18. The number of aliphatic hydroxyl groups is 1. The number of hydrogen-bond donors (Lipinski definition) is 2. The number of anilines is 1. The Morgan fingerprint density at radius 3 is 2.86 bits per heavy atom. The van der Waals surface area contributed by atoms with E-state index in [2.05, 4.69) is 10.3 Å². The molecule has 0 radical (unpaired) electrons. The van der Waals surface area contributed by atoms with Gasteiger partial charge in [0, 0.05) is 18.1 Å². The predicted molar refractivity (Wildman–Crippen MR) is 84.4 cm³/mol. The van der Waals surface area contributed by atoms with Gasteiger partial charge < -0.3 is 19.9 Å². The minimum atomic E-state index is -0.552. The van der Waals surface area contributed by atoms with E-state index in [1.807, 2.05) is 12.1 Å². The molecule has 0 spiro atoms. The maximum absolute atomic E-state index is 12.1. The molecule has 0 aliphatic heterocycles. The molecule has 22 heavy (non-hydrogen) atoms. The van der Waals surface area contributed by atoms with Crippen molar-refractivity contribution >= 4 is 22.6 Å². The van der Waals surface area contributed by atoms with Crippen LogP contribution in [0.3, 0.4) is 0 Å². The smallest absolute Gasteiger partial charge is 0.341 e. The summed E-state index contributed by atoms with van der Waals surface area (Å²) in [4.78, 5) is 16.4. The molecule has 0 unspecified atom stereocenters. The molecule has 0 saturated heterocycles. The Morgan fingerprint density at radius 2 is 2.23 bits per heavy atom. The minimum absolute atomic E-state index is 0.283. The second-order valence-electron chi connectivity index (χ2n) is 4.85. The van der Waals surface area contributed by atoms with Crippen LogP contribution in [0.2, 0.25) is 0 Å². The lowest BCUT2D eigenvalue weighted by Crippen LogP contribution is -2.18. The van der Waals surface area contributed by atoms with E-state index in [4.69, 9.17) is 9.47 Å². The number of nitrogens with one attached hydrogen (secondary N) is 1. The van der Waals surface area contributed by atoms with Crippen LogP contribution < -0.4 is 10.1 Å². The van der Waals surface area contributed by atoms with Crippen molar-refractivity contribution in [2.45, 2.75) is 20.0 Å². The third-order valence-corrected chi connectivity index (χ3v) is 3.15. The molecular weight excluding hydrogens is 284 g/mol. The number of carbonyl (C=O) groups is 1. The van der Waals surface area contributed by atoms with E-state index in [1.54, 1.807) is 27.0 Å². The fourth-order valence-corrected chi connectivity index (χ4v) is 2.16. The summed E-state index contributed by atoms with van der Waals surface area (Å²) in [6.45, 7) is 4.01. The van der Waals surface area contributed by atoms with Crippen LogP contribution in [0.25, 0.3) is 10.9 Å². The molecule has 6 heteroatoms. The van der Waals surface area contributed by atoms with Gasteiger partial charge in [0.25, 0.3) is 0 Å². The molecule has 0 amide bonds. The highest BCUT2D eigenvalue weighted by molar-refractivity contribution is 6.06. The molecule has 2 rings (SSSR count). The van der Waals surface area contributed by atoms with Gasteiger partial charge in [0.15, 0.2) is 0 Å². The molecule has 118 valence electrons. The van der Waals surface area contributed by atoms with E-state index in [1.165, 1.54) is 6.20 Å². The van der Waals surface area contributed by atoms with Gasteiger partial charge in [-0.05, 0) is 19.9 Å². The Morgan fingerprint density at radius 1 is 1.45 bits per heavy atom. The summed E-state index contributed by atoms with van der Waals surface area (Å²) in [6.07, 6.45) is 0.914. The van der Waals surface area contributed by atoms with Crippen LogP contribution in [0.15, 0.2) is 24.4 Å². The Kier molecular flexibility index (Phi) is 5.16. The number of aliphatic hydroxyl groups excluding tert-OH is 1. The first-order chi connectivity index (χ1) is 10.6. The number of pyridine rings is 1. The first-order valence-electron chi connectivity index (χ1n) is 7.13. The highest BCUT2D eigenvalue weighted by atomic mass is 16.5. The number of hydrogen-bond acceptors (Lipinski definition) is 6. The standard InChI is InChI=1S/C16H20N2O4/c1-4-22-16(20)12-9-18-15-11(6-5-7-13(15)21-3)14(12)17-8-10(2)19/h5-7,9-10,19H,4,8H2,1-3H3,(H,17,18)/t10-/m0/s1. The first kappa shape index (κ1) is 16.0. The van der Waals surface area contributed by atoms with Gasteiger partial charge in [-0.25, -0.2) is 4.79 Å². The second kappa shape index (κ2) is 7.09. The number of methoxy groups -OCH3 is 1. The van der Waals surface area contributed by atoms with Crippen LogP contribution in [0.4, 0.5) is 5.69 Å². The van der Waals surface area contributed by atoms with E-state index in [9.17, 15) is 9.90 Å². The number of para-hydroxylation sites is 1. The predicted octanol–water partition coefficient (Wildman–Crippen LogP) is 2.21. The molecule has 1 heterocycles. The molecular formula is C16H20N2O4. The topological polar surface area (TPSA) is 80.7 Å². The number of esters is 1. The van der Waals surface area contributed by atoms with Crippen molar-refractivity contribution in [3.05, 3.63) is 30.0 Å². The molecule has 0 fully saturated rings. The number of ether oxygens (including phenoxy) is 2. The quantitative estimate of drug-likeness (QED) is 0.796. The summed E-state index contributed by atoms with van der Waals surface area (Å²) in [5.41, 5.74) is 1.57. The molecule has 2 N–H and O–H groups in total. The minimum Gasteiger partial charge on any atom is -0.494 e. The lowest BCUT2D eigenvalue weighted by molar-refractivity contribution is 0.0527. The maximum Gasteiger partial charge on any atom is 0.341 e. The lowest BCUT2D eigenvalue weighted by atomic mass is 10.1. The third-order valence-electron chi connectivity index (χ3n) is 3.15. The van der Waals surface area contributed by atoms with Crippen molar-refractivity contribution in [2.75, 3.05) is 25.6 Å². The van der Waals surface area contributed by atoms with Crippen molar-refractivity contribution < 1.29 is 19.4 Å². The van der Waals surface area contributed by atoms with Crippen molar-refractivity contribution in [3.63, 3.8) is 0 Å². The molecule has 0 aliphatic rings. The Bertz CT molecular complexity index is 670. The lowest BCUT2D eigenvalue weighted by Gasteiger charge is -2.16. The van der Waals surface area contributed by atoms with Crippen LogP contribution in [0.5, 0.6) is 5.75 Å². The van der Waals surface area contributed by atoms with Gasteiger partial charge in [0.1, 0.15) is 16.8 Å². The van der Waals surface area contributed by atoms with E-state index < -0.39 is 12.1 Å². The summed E-state index contributed by atoms with van der Waals surface area (Å²) in [5.74, 6) is 0.167. The van der Waals surface area contributed by atoms with E-state index >= 15 is 0 Å². The van der Waals surface area contributed by atoms with Crippen molar-refractivity contribution in [3.8, 4) is 5.75 Å². The van der Waals surface area contributed by atoms with E-state index in [-0.39, 0.29) is 6.61 Å². The largest absolute Gasteiger partial charge is 0.494 e. The van der Waals surface area contributed by atoms with Gasteiger partial charge >= 0.3 is 5.97 Å². The molecule has 0 aliphatic carbocycles. The normalized spacial score (nSPS) is 12.0. The zero-order valence-electron chi connectivity index (χ0n) is 12.9. The van der Waals surface area contributed by atoms with Gasteiger partial charge in [-0.2, -0.15) is 0 Å². The van der Waals surface area contributed by atoms with Gasteiger partial charge in [-0.3, -0.25) is 4.98 Å². The third kappa shape index (κ3) is 3.28. The van der Waals surface area contributed by atoms with Crippen LogP contribution in [0.1, 0.15) is 24.2 Å². The van der Waals surface area contributed by atoms with E-state index in [0.29, 0.717) is 29.1 Å². The fourth-order valence-electron chi connectivity index (χ4n) is 2.16. The van der Waals surface area contributed by atoms with Crippen molar-refractivity contribution in [1.82, 2.24) is 4.98 Å². The summed E-state index contributed by atoms with van der Waals surface area (Å²) < 4.78 is 10.4. The zero-order valence-corrected chi connectivity index (χ0v) is 12.9. The molecule has 0 bridgehead atoms. The Hall–Kier alpha value is -2.34. The van der Waals surface area contributed by atoms with E-state index in [0.717, 1.165) is 5.39 Å². The number of carbonyl (C=O) groups excluding carboxylic acids is 1. The summed E-state index contributed by atoms with van der Waals surface area (Å²) >= 11 is 0. The van der Waals surface area contributed by atoms with Crippen molar-refractivity contribution in [2.24, 2.45) is 0 Å².